The SMILES string of the molecule is CCN(CC)C(=O)c1ccc(N[C@@H](C)C(=O)Nc2ccc(N3CCOCC3)cc2)cc1. The summed E-state index contributed by atoms with van der Waals surface area (Å²) in [6.45, 7) is 10.4. The summed E-state index contributed by atoms with van der Waals surface area (Å²) in [5, 5.41) is 6.14. The average molecular weight is 425 g/mol. The lowest BCUT2D eigenvalue weighted by atomic mass is 10.1. The fourth-order valence-corrected chi connectivity index (χ4v) is 3.55. The minimum Gasteiger partial charge on any atom is -0.378 e. The van der Waals surface area contributed by atoms with Gasteiger partial charge in [0.25, 0.3) is 5.91 Å². The largest absolute Gasteiger partial charge is 0.378 e. The fraction of sp³-hybridized carbons (Fsp3) is 0.417. The number of hydrogen-bond acceptors (Lipinski definition) is 5. The lowest BCUT2D eigenvalue weighted by Crippen LogP contribution is -2.36. The smallest absolute Gasteiger partial charge is 0.253 e. The van der Waals surface area contributed by atoms with Crippen molar-refractivity contribution in [3.63, 3.8) is 0 Å². The number of ether oxygens (including phenoxy) is 1. The van der Waals surface area contributed by atoms with Crippen LogP contribution >= 0.6 is 0 Å². The molecule has 2 aromatic rings. The van der Waals surface area contributed by atoms with Crippen molar-refractivity contribution < 1.29 is 14.3 Å². The van der Waals surface area contributed by atoms with E-state index in [2.05, 4.69) is 15.5 Å². The number of amides is 2. The van der Waals surface area contributed by atoms with Gasteiger partial charge in [-0.05, 0) is 69.3 Å². The molecular formula is C24H32N4O3. The first-order valence-corrected chi connectivity index (χ1v) is 10.9. The van der Waals surface area contributed by atoms with Gasteiger partial charge in [0.1, 0.15) is 6.04 Å². The number of morpholine rings is 1. The molecule has 0 aromatic heterocycles. The Bertz CT molecular complexity index is 857. The third-order valence-corrected chi connectivity index (χ3v) is 5.47. The van der Waals surface area contributed by atoms with Crippen molar-refractivity contribution in [3.8, 4) is 0 Å². The third kappa shape index (κ3) is 5.98. The molecule has 1 aliphatic heterocycles. The second-order valence-corrected chi connectivity index (χ2v) is 7.56. The summed E-state index contributed by atoms with van der Waals surface area (Å²) in [6.07, 6.45) is 0. The topological polar surface area (TPSA) is 73.9 Å². The summed E-state index contributed by atoms with van der Waals surface area (Å²) >= 11 is 0. The molecule has 3 rings (SSSR count). The molecule has 0 radical (unpaired) electrons. The maximum atomic E-state index is 12.6. The van der Waals surface area contributed by atoms with Gasteiger partial charge in [-0.1, -0.05) is 0 Å². The number of nitrogens with one attached hydrogen (secondary N) is 2. The van der Waals surface area contributed by atoms with E-state index in [1.54, 1.807) is 17.0 Å². The number of hydrogen-bond donors (Lipinski definition) is 2. The molecule has 31 heavy (non-hydrogen) atoms. The summed E-state index contributed by atoms with van der Waals surface area (Å²) in [4.78, 5) is 29.0. The molecule has 166 valence electrons. The van der Waals surface area contributed by atoms with Crippen LogP contribution in [0.25, 0.3) is 0 Å². The van der Waals surface area contributed by atoms with Gasteiger partial charge in [0.2, 0.25) is 5.91 Å². The number of rotatable bonds is 8. The molecular weight excluding hydrogens is 392 g/mol. The van der Waals surface area contributed by atoms with Crippen molar-refractivity contribution in [3.05, 3.63) is 54.1 Å². The van der Waals surface area contributed by atoms with Crippen LogP contribution in [-0.2, 0) is 9.53 Å². The van der Waals surface area contributed by atoms with Crippen LogP contribution in [0.15, 0.2) is 48.5 Å². The number of carbonyl (C=O) groups is 2. The highest BCUT2D eigenvalue weighted by Gasteiger charge is 2.16. The Morgan fingerprint density at radius 3 is 2.13 bits per heavy atom. The minimum atomic E-state index is -0.428. The predicted octanol–water partition coefficient (Wildman–Crippen LogP) is 3.44. The van der Waals surface area contributed by atoms with Crippen LogP contribution in [-0.4, -0.2) is 62.1 Å². The lowest BCUT2D eigenvalue weighted by molar-refractivity contribution is -0.116. The van der Waals surface area contributed by atoms with E-state index in [-0.39, 0.29) is 11.8 Å². The van der Waals surface area contributed by atoms with E-state index < -0.39 is 6.04 Å². The summed E-state index contributed by atoms with van der Waals surface area (Å²) < 4.78 is 5.39. The van der Waals surface area contributed by atoms with E-state index in [1.807, 2.05) is 57.2 Å². The Morgan fingerprint density at radius 2 is 1.55 bits per heavy atom. The number of carbonyl (C=O) groups excluding carboxylic acids is 2. The molecule has 1 heterocycles. The molecule has 1 saturated heterocycles. The zero-order valence-corrected chi connectivity index (χ0v) is 18.6. The van der Waals surface area contributed by atoms with Crippen LogP contribution in [0.3, 0.4) is 0 Å². The molecule has 0 spiro atoms. The normalized spacial score (nSPS) is 14.6. The molecule has 1 atom stereocenters. The molecule has 1 aliphatic rings. The molecule has 2 aromatic carbocycles. The fourth-order valence-electron chi connectivity index (χ4n) is 3.55. The van der Waals surface area contributed by atoms with Crippen molar-refractivity contribution >= 4 is 28.9 Å². The molecule has 0 bridgehead atoms. The van der Waals surface area contributed by atoms with Crippen LogP contribution < -0.4 is 15.5 Å². The monoisotopic (exact) mass is 424 g/mol. The van der Waals surface area contributed by atoms with Crippen molar-refractivity contribution in [1.82, 2.24) is 4.90 Å². The first-order chi connectivity index (χ1) is 15.0. The van der Waals surface area contributed by atoms with Gasteiger partial charge in [0.15, 0.2) is 0 Å². The van der Waals surface area contributed by atoms with Gasteiger partial charge in [-0.2, -0.15) is 0 Å². The highest BCUT2D eigenvalue weighted by molar-refractivity contribution is 5.97. The van der Waals surface area contributed by atoms with Crippen LogP contribution in [0.1, 0.15) is 31.1 Å². The Hall–Kier alpha value is -3.06. The van der Waals surface area contributed by atoms with Gasteiger partial charge in [-0.3, -0.25) is 9.59 Å². The summed E-state index contributed by atoms with van der Waals surface area (Å²) in [6, 6.07) is 14.7. The Labute approximate surface area is 184 Å². The highest BCUT2D eigenvalue weighted by Crippen LogP contribution is 2.19. The predicted molar refractivity (Wildman–Crippen MR) is 125 cm³/mol. The van der Waals surface area contributed by atoms with E-state index in [9.17, 15) is 9.59 Å². The summed E-state index contributed by atoms with van der Waals surface area (Å²) in [7, 11) is 0. The minimum absolute atomic E-state index is 0.0165. The molecule has 0 saturated carbocycles. The molecule has 2 N–H and O–H groups in total. The third-order valence-electron chi connectivity index (χ3n) is 5.47. The van der Waals surface area contributed by atoms with Crippen molar-refractivity contribution in [2.45, 2.75) is 26.8 Å². The summed E-state index contributed by atoms with van der Waals surface area (Å²) in [5.41, 5.74) is 3.33. The highest BCUT2D eigenvalue weighted by atomic mass is 16.5. The maximum absolute atomic E-state index is 12.6. The maximum Gasteiger partial charge on any atom is 0.253 e. The van der Waals surface area contributed by atoms with Crippen LogP contribution in [0.5, 0.6) is 0 Å². The first kappa shape index (κ1) is 22.6. The molecule has 0 unspecified atom stereocenters. The second kappa shape index (κ2) is 10.8. The molecule has 7 nitrogen and oxygen atoms in total. The Morgan fingerprint density at radius 1 is 0.968 bits per heavy atom. The van der Waals surface area contributed by atoms with Crippen LogP contribution in [0.4, 0.5) is 17.1 Å². The number of benzene rings is 2. The van der Waals surface area contributed by atoms with Gasteiger partial charge in [0.05, 0.1) is 13.2 Å². The molecule has 1 fully saturated rings. The zero-order chi connectivity index (χ0) is 22.2. The standard InChI is InChI=1S/C24H32N4O3/c1-4-27(5-2)24(30)19-6-8-20(9-7-19)25-18(3)23(29)26-21-10-12-22(13-11-21)28-14-16-31-17-15-28/h6-13,18,25H,4-5,14-17H2,1-3H3,(H,26,29)/t18-/m0/s1. The van der Waals surface area contributed by atoms with Gasteiger partial charge in [-0.25, -0.2) is 0 Å². The van der Waals surface area contributed by atoms with E-state index in [0.29, 0.717) is 18.7 Å². The van der Waals surface area contributed by atoms with E-state index in [1.165, 1.54) is 0 Å². The second-order valence-electron chi connectivity index (χ2n) is 7.56. The van der Waals surface area contributed by atoms with E-state index in [4.69, 9.17) is 4.74 Å². The zero-order valence-electron chi connectivity index (χ0n) is 18.6. The van der Waals surface area contributed by atoms with Crippen molar-refractivity contribution in [2.24, 2.45) is 0 Å². The summed E-state index contributed by atoms with van der Waals surface area (Å²) in [5.74, 6) is -0.106. The van der Waals surface area contributed by atoms with Crippen molar-refractivity contribution in [2.75, 3.05) is 54.9 Å². The quantitative estimate of drug-likeness (QED) is 0.679. The van der Waals surface area contributed by atoms with Gasteiger partial charge in [-0.15, -0.1) is 0 Å². The van der Waals surface area contributed by atoms with E-state index >= 15 is 0 Å². The van der Waals surface area contributed by atoms with Gasteiger partial charge >= 0.3 is 0 Å². The van der Waals surface area contributed by atoms with E-state index in [0.717, 1.165) is 43.4 Å². The molecule has 7 heteroatoms. The van der Waals surface area contributed by atoms with Crippen molar-refractivity contribution in [1.29, 1.82) is 0 Å². The number of nitrogens with zero attached hydrogens (tertiary/aromatic N) is 2. The molecule has 2 amide bonds. The Kier molecular flexibility index (Phi) is 7.89. The van der Waals surface area contributed by atoms with Gasteiger partial charge in [0, 0.05) is 48.8 Å². The van der Waals surface area contributed by atoms with Gasteiger partial charge < -0.3 is 25.2 Å². The Balaban J connectivity index is 1.53. The average Bonchev–Trinajstić information content (AvgIpc) is 2.81. The number of anilines is 3. The van der Waals surface area contributed by atoms with Crippen LogP contribution in [0, 0.1) is 0 Å². The molecule has 0 aliphatic carbocycles. The first-order valence-electron chi connectivity index (χ1n) is 10.9. The lowest BCUT2D eigenvalue weighted by Gasteiger charge is -2.29. The van der Waals surface area contributed by atoms with Crippen LogP contribution in [0.2, 0.25) is 0 Å².